The van der Waals surface area contributed by atoms with Crippen LogP contribution in [0.1, 0.15) is 27.4 Å². The van der Waals surface area contributed by atoms with Gasteiger partial charge in [0.15, 0.2) is 0 Å². The number of ether oxygens (including phenoxy) is 2. The van der Waals surface area contributed by atoms with Crippen LogP contribution in [0.4, 0.5) is 0 Å². The summed E-state index contributed by atoms with van der Waals surface area (Å²) in [6, 6.07) is 16.0. The average Bonchev–Trinajstić information content (AvgIpc) is 2.72. The molecule has 138 valence electrons. The van der Waals surface area contributed by atoms with E-state index in [1.54, 1.807) is 24.3 Å². The number of fused-ring (bicyclic) bond motifs is 3. The molecule has 0 radical (unpaired) electrons. The SMILES string of the molecule is COC(=O)c1ccc([C@@H]2C(C#N)=C(N)Oc3c2c(=O)sc2ccccc32)cc1. The highest BCUT2D eigenvalue weighted by Crippen LogP contribution is 2.44. The van der Waals surface area contributed by atoms with Gasteiger partial charge in [0, 0.05) is 10.1 Å². The van der Waals surface area contributed by atoms with Crippen LogP contribution in [0, 0.1) is 11.3 Å². The lowest BCUT2D eigenvalue weighted by atomic mass is 9.84. The molecule has 0 unspecified atom stereocenters. The Balaban J connectivity index is 1.97. The number of methoxy groups -OCH3 is 1. The molecule has 7 heteroatoms. The van der Waals surface area contributed by atoms with Gasteiger partial charge in [-0.2, -0.15) is 5.26 Å². The number of benzene rings is 2. The fourth-order valence-electron chi connectivity index (χ4n) is 3.33. The van der Waals surface area contributed by atoms with Gasteiger partial charge in [0.25, 0.3) is 0 Å². The number of hydrogen-bond acceptors (Lipinski definition) is 7. The molecule has 0 spiro atoms. The van der Waals surface area contributed by atoms with Gasteiger partial charge in [-0.05, 0) is 29.8 Å². The first-order valence-corrected chi connectivity index (χ1v) is 9.18. The minimum atomic E-state index is -0.672. The van der Waals surface area contributed by atoms with Crippen LogP contribution in [-0.2, 0) is 4.74 Å². The van der Waals surface area contributed by atoms with E-state index in [0.717, 1.165) is 21.4 Å². The maximum absolute atomic E-state index is 12.9. The molecule has 0 saturated carbocycles. The first-order valence-electron chi connectivity index (χ1n) is 8.36. The summed E-state index contributed by atoms with van der Waals surface area (Å²) < 4.78 is 11.0. The molecule has 0 saturated heterocycles. The summed E-state index contributed by atoms with van der Waals surface area (Å²) >= 11 is 1.10. The third-order valence-electron chi connectivity index (χ3n) is 4.64. The molecule has 4 rings (SSSR count). The number of hydrogen-bond donors (Lipinski definition) is 1. The summed E-state index contributed by atoms with van der Waals surface area (Å²) in [7, 11) is 1.30. The zero-order valence-electron chi connectivity index (χ0n) is 14.8. The van der Waals surface area contributed by atoms with Crippen molar-refractivity contribution < 1.29 is 14.3 Å². The zero-order chi connectivity index (χ0) is 19.8. The third-order valence-corrected chi connectivity index (χ3v) is 5.62. The Kier molecular flexibility index (Phi) is 4.34. The van der Waals surface area contributed by atoms with Crippen molar-refractivity contribution in [2.45, 2.75) is 5.92 Å². The maximum atomic E-state index is 12.9. The third kappa shape index (κ3) is 2.71. The highest BCUT2D eigenvalue weighted by molar-refractivity contribution is 7.16. The summed E-state index contributed by atoms with van der Waals surface area (Å²) in [4.78, 5) is 24.6. The first kappa shape index (κ1) is 17.8. The van der Waals surface area contributed by atoms with Crippen LogP contribution < -0.4 is 15.2 Å². The summed E-state index contributed by atoms with van der Waals surface area (Å²) in [6.45, 7) is 0. The molecule has 1 aromatic heterocycles. The molecule has 1 atom stereocenters. The van der Waals surface area contributed by atoms with E-state index < -0.39 is 11.9 Å². The number of nitrogens with zero attached hydrogens (tertiary/aromatic N) is 1. The van der Waals surface area contributed by atoms with Crippen molar-refractivity contribution in [3.8, 4) is 11.8 Å². The Morgan fingerprint density at radius 2 is 1.93 bits per heavy atom. The van der Waals surface area contributed by atoms with Gasteiger partial charge in [0.1, 0.15) is 17.4 Å². The van der Waals surface area contributed by atoms with Crippen LogP contribution in [0.15, 0.2) is 64.8 Å². The van der Waals surface area contributed by atoms with E-state index in [0.29, 0.717) is 22.4 Å². The second kappa shape index (κ2) is 6.83. The Hall–Kier alpha value is -3.63. The lowest BCUT2D eigenvalue weighted by Gasteiger charge is -2.26. The van der Waals surface area contributed by atoms with Crippen molar-refractivity contribution in [1.29, 1.82) is 5.26 Å². The van der Waals surface area contributed by atoms with Crippen molar-refractivity contribution >= 4 is 27.4 Å². The highest BCUT2D eigenvalue weighted by atomic mass is 32.1. The highest BCUT2D eigenvalue weighted by Gasteiger charge is 2.34. The van der Waals surface area contributed by atoms with Crippen LogP contribution in [0.2, 0.25) is 0 Å². The van der Waals surface area contributed by atoms with Gasteiger partial charge in [-0.3, -0.25) is 4.79 Å². The molecular formula is C21H14N2O4S. The van der Waals surface area contributed by atoms with Crippen LogP contribution in [0.25, 0.3) is 10.1 Å². The molecule has 2 heterocycles. The average molecular weight is 390 g/mol. The van der Waals surface area contributed by atoms with Gasteiger partial charge in [-0.15, -0.1) is 0 Å². The first-order chi connectivity index (χ1) is 13.5. The van der Waals surface area contributed by atoms with Crippen LogP contribution in [-0.4, -0.2) is 13.1 Å². The molecule has 1 aliphatic heterocycles. The maximum Gasteiger partial charge on any atom is 0.337 e. The second-order valence-corrected chi connectivity index (χ2v) is 7.18. The van der Waals surface area contributed by atoms with Gasteiger partial charge in [-0.1, -0.05) is 35.6 Å². The topological polar surface area (TPSA) is 102 Å². The predicted octanol–water partition coefficient (Wildman–Crippen LogP) is 3.27. The van der Waals surface area contributed by atoms with Gasteiger partial charge < -0.3 is 15.2 Å². The smallest absolute Gasteiger partial charge is 0.337 e. The van der Waals surface area contributed by atoms with E-state index >= 15 is 0 Å². The number of carbonyl (C=O) groups is 1. The Bertz CT molecular complexity index is 1240. The van der Waals surface area contributed by atoms with Gasteiger partial charge in [0.05, 0.1) is 24.2 Å². The van der Waals surface area contributed by atoms with Crippen LogP contribution in [0.5, 0.6) is 5.75 Å². The molecule has 1 aliphatic rings. The van der Waals surface area contributed by atoms with Crippen molar-refractivity contribution in [1.82, 2.24) is 0 Å². The van der Waals surface area contributed by atoms with Gasteiger partial charge >= 0.3 is 5.97 Å². The molecule has 2 aromatic carbocycles. The fraction of sp³-hybridized carbons (Fsp3) is 0.0952. The minimum absolute atomic E-state index is 0.0298. The van der Waals surface area contributed by atoms with Crippen LogP contribution in [0.3, 0.4) is 0 Å². The zero-order valence-corrected chi connectivity index (χ0v) is 15.6. The van der Waals surface area contributed by atoms with E-state index in [1.165, 1.54) is 7.11 Å². The largest absolute Gasteiger partial charge is 0.465 e. The quantitative estimate of drug-likeness (QED) is 0.674. The molecule has 0 bridgehead atoms. The number of nitriles is 1. The molecule has 0 aliphatic carbocycles. The molecular weight excluding hydrogens is 376 g/mol. The standard InChI is InChI=1S/C21H14N2O4S/c1-26-20(24)12-8-6-11(7-9-12)16-14(10-22)19(23)27-18-13-4-2-3-5-15(13)28-21(25)17(16)18/h2-9,16H,23H2,1H3/t16-/m1/s1. The van der Waals surface area contributed by atoms with E-state index in [4.69, 9.17) is 15.2 Å². The molecule has 6 nitrogen and oxygen atoms in total. The summed E-state index contributed by atoms with van der Waals surface area (Å²) in [5, 5.41) is 10.4. The second-order valence-electron chi connectivity index (χ2n) is 6.17. The molecule has 0 fully saturated rings. The monoisotopic (exact) mass is 390 g/mol. The Morgan fingerprint density at radius 1 is 1.21 bits per heavy atom. The Labute approximate surface area is 164 Å². The summed E-state index contributed by atoms with van der Waals surface area (Å²) in [6.07, 6.45) is 0. The number of esters is 1. The lowest BCUT2D eigenvalue weighted by molar-refractivity contribution is 0.0600. The number of nitrogens with two attached hydrogens (primary N) is 1. The Morgan fingerprint density at radius 3 is 2.61 bits per heavy atom. The van der Waals surface area contributed by atoms with Crippen molar-refractivity contribution in [3.63, 3.8) is 0 Å². The molecule has 28 heavy (non-hydrogen) atoms. The number of allylic oxidation sites excluding steroid dienone is 1. The minimum Gasteiger partial charge on any atom is -0.465 e. The van der Waals surface area contributed by atoms with E-state index in [9.17, 15) is 14.9 Å². The fourth-order valence-corrected chi connectivity index (χ4v) is 4.27. The van der Waals surface area contributed by atoms with Crippen molar-refractivity contribution in [2.75, 3.05) is 7.11 Å². The number of carbonyl (C=O) groups excluding carboxylic acids is 1. The lowest BCUT2D eigenvalue weighted by Crippen LogP contribution is -2.25. The van der Waals surface area contributed by atoms with Gasteiger partial charge in [0.2, 0.25) is 10.6 Å². The predicted molar refractivity (Wildman–Crippen MR) is 105 cm³/mol. The van der Waals surface area contributed by atoms with Crippen molar-refractivity contribution in [3.05, 3.63) is 86.2 Å². The van der Waals surface area contributed by atoms with E-state index in [-0.39, 0.29) is 16.2 Å². The summed E-state index contributed by atoms with van der Waals surface area (Å²) in [5.74, 6) is -0.795. The molecule has 2 N–H and O–H groups in total. The normalized spacial score (nSPS) is 15.5. The van der Waals surface area contributed by atoms with E-state index in [2.05, 4.69) is 6.07 Å². The molecule has 0 amide bonds. The number of rotatable bonds is 2. The van der Waals surface area contributed by atoms with Gasteiger partial charge in [-0.25, -0.2) is 4.79 Å². The molecule has 3 aromatic rings. The van der Waals surface area contributed by atoms with E-state index in [1.807, 2.05) is 24.3 Å². The van der Waals surface area contributed by atoms with Crippen LogP contribution >= 0.6 is 11.3 Å². The summed E-state index contributed by atoms with van der Waals surface area (Å²) in [5.41, 5.74) is 7.61. The van der Waals surface area contributed by atoms with Crippen molar-refractivity contribution in [2.24, 2.45) is 5.73 Å².